The molecule has 6 heteroatoms. The quantitative estimate of drug-likeness (QED) is 0.616. The molecule has 0 atom stereocenters. The minimum atomic E-state index is -0.611. The number of carbonyl (C=O) groups excluding carboxylic acids is 2. The highest BCUT2D eigenvalue weighted by Crippen LogP contribution is 2.21. The van der Waals surface area contributed by atoms with Crippen molar-refractivity contribution >= 4 is 44.3 Å². The average molecular weight is 414 g/mol. The third-order valence-electron chi connectivity index (χ3n) is 3.59. The highest BCUT2D eigenvalue weighted by molar-refractivity contribution is 9.10. The summed E-state index contributed by atoms with van der Waals surface area (Å²) in [6, 6.07) is 20.6. The van der Waals surface area contributed by atoms with Gasteiger partial charge in [-0.2, -0.15) is 0 Å². The van der Waals surface area contributed by atoms with Crippen LogP contribution in [0.3, 0.4) is 0 Å². The molecule has 3 aromatic rings. The Labute approximate surface area is 159 Å². The zero-order valence-corrected chi connectivity index (χ0v) is 15.4. The second-order valence-electron chi connectivity index (χ2n) is 5.49. The first kappa shape index (κ1) is 17.9. The maximum Gasteiger partial charge on any atom is 0.344 e. The molecule has 0 aliphatic carbocycles. The number of hydrogen-bond acceptors (Lipinski definition) is 4. The Bertz CT molecular complexity index is 942. The molecule has 3 rings (SSSR count). The molecule has 132 valence electrons. The van der Waals surface area contributed by atoms with Crippen LogP contribution in [0.25, 0.3) is 10.8 Å². The molecule has 26 heavy (non-hydrogen) atoms. The molecule has 0 aliphatic rings. The van der Waals surface area contributed by atoms with Gasteiger partial charge in [0.15, 0.2) is 13.2 Å². The van der Waals surface area contributed by atoms with E-state index < -0.39 is 11.9 Å². The molecule has 5 nitrogen and oxygen atoms in total. The van der Waals surface area contributed by atoms with Gasteiger partial charge in [0.05, 0.1) is 5.69 Å². The van der Waals surface area contributed by atoms with Crippen LogP contribution in [0.15, 0.2) is 71.2 Å². The zero-order valence-electron chi connectivity index (χ0n) is 13.8. The third kappa shape index (κ3) is 4.83. The lowest BCUT2D eigenvalue weighted by Crippen LogP contribution is -2.23. The van der Waals surface area contributed by atoms with Gasteiger partial charge >= 0.3 is 5.97 Å². The van der Waals surface area contributed by atoms with E-state index in [1.807, 2.05) is 42.5 Å². The maximum absolute atomic E-state index is 11.8. The van der Waals surface area contributed by atoms with Crippen molar-refractivity contribution in [1.82, 2.24) is 0 Å². The minimum Gasteiger partial charge on any atom is -0.482 e. The van der Waals surface area contributed by atoms with Crippen LogP contribution >= 0.6 is 15.9 Å². The van der Waals surface area contributed by atoms with Crippen LogP contribution in [0.1, 0.15) is 0 Å². The summed E-state index contributed by atoms with van der Waals surface area (Å²) in [7, 11) is 0. The maximum atomic E-state index is 11.8. The van der Waals surface area contributed by atoms with Crippen molar-refractivity contribution in [3.05, 3.63) is 71.2 Å². The van der Waals surface area contributed by atoms with Crippen LogP contribution < -0.4 is 10.1 Å². The van der Waals surface area contributed by atoms with Crippen molar-refractivity contribution in [3.63, 3.8) is 0 Å². The summed E-state index contributed by atoms with van der Waals surface area (Å²) in [6.07, 6.45) is 0. The Hall–Kier alpha value is -2.86. The second kappa shape index (κ2) is 8.49. The molecular formula is C20H16BrNO4. The van der Waals surface area contributed by atoms with E-state index in [9.17, 15) is 9.59 Å². The number of fused-ring (bicyclic) bond motifs is 1. The van der Waals surface area contributed by atoms with E-state index in [2.05, 4.69) is 21.2 Å². The first-order chi connectivity index (χ1) is 12.6. The number of nitrogens with one attached hydrogen (secondary N) is 1. The Morgan fingerprint density at radius 3 is 2.42 bits per heavy atom. The van der Waals surface area contributed by atoms with E-state index in [0.717, 1.165) is 15.2 Å². The number of benzene rings is 3. The van der Waals surface area contributed by atoms with Crippen molar-refractivity contribution in [1.29, 1.82) is 0 Å². The Balaban J connectivity index is 1.46. The predicted octanol–water partition coefficient (Wildman–Crippen LogP) is 4.16. The molecule has 3 aromatic carbocycles. The molecule has 0 heterocycles. The number of esters is 1. The highest BCUT2D eigenvalue weighted by Gasteiger charge is 2.10. The topological polar surface area (TPSA) is 64.6 Å². The minimum absolute atomic E-state index is 0.263. The lowest BCUT2D eigenvalue weighted by Gasteiger charge is -2.09. The predicted molar refractivity (Wildman–Crippen MR) is 103 cm³/mol. The molecule has 0 spiro atoms. The molecule has 0 saturated carbocycles. The molecule has 0 aromatic heterocycles. The van der Waals surface area contributed by atoms with Gasteiger partial charge in [0, 0.05) is 4.47 Å². The van der Waals surface area contributed by atoms with Gasteiger partial charge in [-0.1, -0.05) is 42.5 Å². The van der Waals surface area contributed by atoms with Crippen molar-refractivity contribution in [2.45, 2.75) is 0 Å². The van der Waals surface area contributed by atoms with E-state index in [1.165, 1.54) is 0 Å². The Morgan fingerprint density at radius 1 is 0.885 bits per heavy atom. The number of ether oxygens (including phenoxy) is 2. The van der Waals surface area contributed by atoms with Gasteiger partial charge < -0.3 is 14.8 Å². The van der Waals surface area contributed by atoms with Crippen LogP contribution in [0.5, 0.6) is 5.75 Å². The van der Waals surface area contributed by atoms with Crippen LogP contribution in [0.2, 0.25) is 0 Å². The zero-order chi connectivity index (χ0) is 18.4. The summed E-state index contributed by atoms with van der Waals surface area (Å²) < 4.78 is 11.1. The first-order valence-electron chi connectivity index (χ1n) is 7.93. The van der Waals surface area contributed by atoms with Gasteiger partial charge in [-0.25, -0.2) is 4.79 Å². The summed E-state index contributed by atoms with van der Waals surface area (Å²) in [5, 5.41) is 4.76. The average Bonchev–Trinajstić information content (AvgIpc) is 2.66. The van der Waals surface area contributed by atoms with Crippen molar-refractivity contribution in [3.8, 4) is 5.75 Å². The highest BCUT2D eigenvalue weighted by atomic mass is 79.9. The van der Waals surface area contributed by atoms with Crippen LogP contribution in [0.4, 0.5) is 5.69 Å². The summed E-state index contributed by atoms with van der Waals surface area (Å²) in [4.78, 5) is 23.6. The van der Waals surface area contributed by atoms with Gasteiger partial charge in [0.25, 0.3) is 5.91 Å². The summed E-state index contributed by atoms with van der Waals surface area (Å²) in [5.74, 6) is -0.463. The Morgan fingerprint density at radius 2 is 1.62 bits per heavy atom. The van der Waals surface area contributed by atoms with E-state index in [-0.39, 0.29) is 13.2 Å². The van der Waals surface area contributed by atoms with Gasteiger partial charge in [0.2, 0.25) is 0 Å². The molecule has 0 fully saturated rings. The van der Waals surface area contributed by atoms with E-state index in [1.54, 1.807) is 24.3 Å². The number of hydrogen-bond donors (Lipinski definition) is 1. The van der Waals surface area contributed by atoms with Crippen LogP contribution in [0, 0.1) is 0 Å². The molecule has 0 unspecified atom stereocenters. The first-order valence-corrected chi connectivity index (χ1v) is 8.73. The number of halogens is 1. The number of rotatable bonds is 6. The van der Waals surface area contributed by atoms with Gasteiger partial charge in [0.1, 0.15) is 5.75 Å². The molecule has 0 radical (unpaired) electrons. The lowest BCUT2D eigenvalue weighted by atomic mass is 10.1. The molecular weight excluding hydrogens is 398 g/mol. The van der Waals surface area contributed by atoms with Crippen LogP contribution in [-0.2, 0) is 14.3 Å². The van der Waals surface area contributed by atoms with Gasteiger partial charge in [-0.15, -0.1) is 0 Å². The molecule has 1 amide bonds. The van der Waals surface area contributed by atoms with Crippen molar-refractivity contribution < 1.29 is 19.1 Å². The van der Waals surface area contributed by atoms with Crippen LogP contribution in [-0.4, -0.2) is 25.1 Å². The normalized spacial score (nSPS) is 10.3. The molecule has 0 bridgehead atoms. The summed E-state index contributed by atoms with van der Waals surface area (Å²) in [6.45, 7) is -0.637. The number of amides is 1. The van der Waals surface area contributed by atoms with Gasteiger partial charge in [-0.3, -0.25) is 4.79 Å². The number of para-hydroxylation sites is 1. The lowest BCUT2D eigenvalue weighted by molar-refractivity contribution is -0.149. The fourth-order valence-electron chi connectivity index (χ4n) is 2.34. The summed E-state index contributed by atoms with van der Waals surface area (Å²) in [5.41, 5.74) is 0.612. The van der Waals surface area contributed by atoms with E-state index in [4.69, 9.17) is 9.47 Å². The number of anilines is 1. The second-order valence-corrected chi connectivity index (χ2v) is 6.34. The molecule has 0 aliphatic heterocycles. The SMILES string of the molecule is O=C(COC(=O)COc1ccc2ccccc2c1)Nc1ccccc1Br. The molecule has 1 N–H and O–H groups in total. The third-order valence-corrected chi connectivity index (χ3v) is 4.28. The number of carbonyl (C=O) groups is 2. The monoisotopic (exact) mass is 413 g/mol. The smallest absolute Gasteiger partial charge is 0.344 e. The van der Waals surface area contributed by atoms with Crippen molar-refractivity contribution in [2.75, 3.05) is 18.5 Å². The fraction of sp³-hybridized carbons (Fsp3) is 0.100. The standard InChI is InChI=1S/C20H16BrNO4/c21-17-7-3-4-8-18(17)22-19(23)12-26-20(24)13-25-16-10-9-14-5-1-2-6-15(14)11-16/h1-11H,12-13H2,(H,22,23). The van der Waals surface area contributed by atoms with E-state index in [0.29, 0.717) is 11.4 Å². The van der Waals surface area contributed by atoms with E-state index >= 15 is 0 Å². The van der Waals surface area contributed by atoms with Gasteiger partial charge in [-0.05, 0) is 51.0 Å². The largest absolute Gasteiger partial charge is 0.482 e. The fourth-order valence-corrected chi connectivity index (χ4v) is 2.72. The summed E-state index contributed by atoms with van der Waals surface area (Å²) >= 11 is 3.33. The molecule has 0 saturated heterocycles. The van der Waals surface area contributed by atoms with Crippen molar-refractivity contribution in [2.24, 2.45) is 0 Å². The Kier molecular flexibility index (Phi) is 5.86.